The molecule has 0 amide bonds. The number of hydrogen-bond acceptors (Lipinski definition) is 3. The lowest BCUT2D eigenvalue weighted by molar-refractivity contribution is 0.252. The first kappa shape index (κ1) is 19.8. The number of piperidine rings is 1. The van der Waals surface area contributed by atoms with Crippen LogP contribution in [0.3, 0.4) is 0 Å². The third kappa shape index (κ3) is 4.26. The van der Waals surface area contributed by atoms with Crippen LogP contribution in [0.4, 0.5) is 4.39 Å². The fourth-order valence-electron chi connectivity index (χ4n) is 4.35. The van der Waals surface area contributed by atoms with Gasteiger partial charge in [0, 0.05) is 36.1 Å². The molecule has 0 spiro atoms. The van der Waals surface area contributed by atoms with Crippen molar-refractivity contribution >= 4 is 0 Å². The number of nitrogens with zero attached hydrogens (tertiary/aromatic N) is 3. The number of rotatable bonds is 5. The third-order valence-corrected chi connectivity index (χ3v) is 5.84. The van der Waals surface area contributed by atoms with E-state index in [-0.39, 0.29) is 5.82 Å². The van der Waals surface area contributed by atoms with Gasteiger partial charge in [0.15, 0.2) is 0 Å². The maximum Gasteiger partial charge on any atom is 0.123 e. The summed E-state index contributed by atoms with van der Waals surface area (Å²) in [5, 5.41) is 0. The van der Waals surface area contributed by atoms with Crippen LogP contribution < -0.4 is 0 Å². The maximum atomic E-state index is 13.6. The standard InChI is InChI=1S/C24H29FN4/c1-28(2)16-21-22(17-8-12-26-13-9-17)24(18-4-6-20(25)7-5-18)27-23(21)19-10-14-29(3)15-11-19/h4-9,12-13,19,27H,10-11,14-16H2,1-3H3. The first-order valence-corrected chi connectivity index (χ1v) is 10.3. The van der Waals surface area contributed by atoms with Crippen LogP contribution in [0, 0.1) is 5.82 Å². The Kier molecular flexibility index (Phi) is 5.79. The van der Waals surface area contributed by atoms with E-state index in [9.17, 15) is 4.39 Å². The number of H-pyrrole nitrogens is 1. The number of nitrogens with one attached hydrogen (secondary N) is 1. The topological polar surface area (TPSA) is 35.2 Å². The minimum Gasteiger partial charge on any atom is -0.357 e. The Morgan fingerprint density at radius 1 is 1.03 bits per heavy atom. The molecule has 3 heterocycles. The molecule has 29 heavy (non-hydrogen) atoms. The molecule has 3 aromatic rings. The van der Waals surface area contributed by atoms with Gasteiger partial charge in [-0.05, 0) is 100 Å². The number of aromatic nitrogens is 2. The predicted molar refractivity (Wildman–Crippen MR) is 116 cm³/mol. The third-order valence-electron chi connectivity index (χ3n) is 5.84. The maximum absolute atomic E-state index is 13.6. The summed E-state index contributed by atoms with van der Waals surface area (Å²) in [5.41, 5.74) is 7.11. The number of likely N-dealkylation sites (tertiary alicyclic amines) is 1. The molecular formula is C24H29FN4. The molecule has 4 nitrogen and oxygen atoms in total. The van der Waals surface area contributed by atoms with E-state index in [1.54, 1.807) is 0 Å². The number of aromatic amines is 1. The Bertz CT molecular complexity index is 939. The summed E-state index contributed by atoms with van der Waals surface area (Å²) >= 11 is 0. The van der Waals surface area contributed by atoms with Crippen LogP contribution >= 0.6 is 0 Å². The SMILES string of the molecule is CN(C)Cc1c(C2CCN(C)CC2)[nH]c(-c2ccc(F)cc2)c1-c1ccncc1. The highest BCUT2D eigenvalue weighted by Gasteiger charge is 2.27. The minimum atomic E-state index is -0.213. The fraction of sp³-hybridized carbons (Fsp3) is 0.375. The highest BCUT2D eigenvalue weighted by molar-refractivity contribution is 5.85. The average molecular weight is 393 g/mol. The van der Waals surface area contributed by atoms with Crippen LogP contribution in [-0.4, -0.2) is 54.0 Å². The van der Waals surface area contributed by atoms with E-state index in [4.69, 9.17) is 0 Å². The molecule has 1 aliphatic rings. The van der Waals surface area contributed by atoms with Gasteiger partial charge in [-0.2, -0.15) is 0 Å². The second-order valence-corrected chi connectivity index (χ2v) is 8.33. The molecule has 0 aliphatic carbocycles. The van der Waals surface area contributed by atoms with Crippen LogP contribution in [0.1, 0.15) is 30.0 Å². The van der Waals surface area contributed by atoms with Gasteiger partial charge < -0.3 is 14.8 Å². The molecule has 0 unspecified atom stereocenters. The van der Waals surface area contributed by atoms with E-state index in [1.807, 2.05) is 24.5 Å². The number of pyridine rings is 1. The Morgan fingerprint density at radius 2 is 1.69 bits per heavy atom. The number of benzene rings is 1. The zero-order valence-electron chi connectivity index (χ0n) is 17.5. The van der Waals surface area contributed by atoms with E-state index in [0.29, 0.717) is 5.92 Å². The van der Waals surface area contributed by atoms with E-state index in [2.05, 4.69) is 53.0 Å². The van der Waals surface area contributed by atoms with Gasteiger partial charge in [-0.15, -0.1) is 0 Å². The Labute approximate surface area is 172 Å². The minimum absolute atomic E-state index is 0.213. The van der Waals surface area contributed by atoms with Crippen LogP contribution in [0.15, 0.2) is 48.8 Å². The van der Waals surface area contributed by atoms with Gasteiger partial charge >= 0.3 is 0 Å². The molecule has 2 aromatic heterocycles. The van der Waals surface area contributed by atoms with Gasteiger partial charge in [-0.3, -0.25) is 4.98 Å². The van der Waals surface area contributed by atoms with E-state index >= 15 is 0 Å². The molecule has 0 saturated carbocycles. The quantitative estimate of drug-likeness (QED) is 0.680. The smallest absolute Gasteiger partial charge is 0.123 e. The van der Waals surface area contributed by atoms with Gasteiger partial charge in [0.05, 0.1) is 5.69 Å². The van der Waals surface area contributed by atoms with Crippen LogP contribution in [0.25, 0.3) is 22.4 Å². The fourth-order valence-corrected chi connectivity index (χ4v) is 4.35. The van der Waals surface area contributed by atoms with Gasteiger partial charge in [-0.1, -0.05) is 0 Å². The van der Waals surface area contributed by atoms with E-state index < -0.39 is 0 Å². The molecule has 4 rings (SSSR count). The molecular weight excluding hydrogens is 363 g/mol. The van der Waals surface area contributed by atoms with E-state index in [0.717, 1.165) is 49.3 Å². The molecule has 0 atom stereocenters. The van der Waals surface area contributed by atoms with Gasteiger partial charge in [0.2, 0.25) is 0 Å². The molecule has 0 radical (unpaired) electrons. The zero-order valence-corrected chi connectivity index (χ0v) is 17.5. The van der Waals surface area contributed by atoms with Crippen molar-refractivity contribution in [3.05, 3.63) is 65.9 Å². The second-order valence-electron chi connectivity index (χ2n) is 8.33. The van der Waals surface area contributed by atoms with Crippen molar-refractivity contribution in [2.75, 3.05) is 34.2 Å². The highest BCUT2D eigenvalue weighted by Crippen LogP contribution is 2.41. The van der Waals surface area contributed by atoms with Crippen molar-refractivity contribution in [3.63, 3.8) is 0 Å². The molecule has 1 saturated heterocycles. The predicted octanol–water partition coefficient (Wildman–Crippen LogP) is 4.75. The Morgan fingerprint density at radius 3 is 2.31 bits per heavy atom. The summed E-state index contributed by atoms with van der Waals surface area (Å²) in [5.74, 6) is 0.297. The number of hydrogen-bond donors (Lipinski definition) is 1. The lowest BCUT2D eigenvalue weighted by atomic mass is 9.89. The van der Waals surface area contributed by atoms with Gasteiger partial charge in [-0.25, -0.2) is 4.39 Å². The van der Waals surface area contributed by atoms with Crippen molar-refractivity contribution in [2.24, 2.45) is 0 Å². The Hall–Kier alpha value is -2.50. The average Bonchev–Trinajstić information content (AvgIpc) is 3.08. The van der Waals surface area contributed by atoms with Crippen molar-refractivity contribution < 1.29 is 4.39 Å². The molecule has 0 bridgehead atoms. The summed E-state index contributed by atoms with van der Waals surface area (Å²) < 4.78 is 13.6. The normalized spacial score (nSPS) is 15.9. The van der Waals surface area contributed by atoms with Gasteiger partial charge in [0.25, 0.3) is 0 Å². The summed E-state index contributed by atoms with van der Waals surface area (Å²) in [6, 6.07) is 10.9. The van der Waals surface area contributed by atoms with Gasteiger partial charge in [0.1, 0.15) is 5.82 Å². The summed E-state index contributed by atoms with van der Waals surface area (Å²) in [6.45, 7) is 3.08. The van der Waals surface area contributed by atoms with E-state index in [1.165, 1.54) is 29.0 Å². The van der Waals surface area contributed by atoms with Crippen molar-refractivity contribution in [1.82, 2.24) is 19.8 Å². The summed E-state index contributed by atoms with van der Waals surface area (Å²) in [7, 11) is 6.41. The highest BCUT2D eigenvalue weighted by atomic mass is 19.1. The Balaban J connectivity index is 1.90. The molecule has 152 valence electrons. The van der Waals surface area contributed by atoms with Crippen molar-refractivity contribution in [2.45, 2.75) is 25.3 Å². The summed E-state index contributed by atoms with van der Waals surface area (Å²) in [4.78, 5) is 12.6. The number of halogens is 1. The molecule has 5 heteroatoms. The van der Waals surface area contributed by atoms with Crippen molar-refractivity contribution in [3.8, 4) is 22.4 Å². The zero-order chi connectivity index (χ0) is 20.4. The molecule has 1 fully saturated rings. The van der Waals surface area contributed by atoms with Crippen LogP contribution in [0.5, 0.6) is 0 Å². The van der Waals surface area contributed by atoms with Crippen molar-refractivity contribution in [1.29, 1.82) is 0 Å². The van der Waals surface area contributed by atoms with Crippen LogP contribution in [-0.2, 0) is 6.54 Å². The first-order valence-electron chi connectivity index (χ1n) is 10.3. The molecule has 1 N–H and O–H groups in total. The monoisotopic (exact) mass is 392 g/mol. The molecule has 1 aliphatic heterocycles. The second kappa shape index (κ2) is 8.47. The largest absolute Gasteiger partial charge is 0.357 e. The lowest BCUT2D eigenvalue weighted by Crippen LogP contribution is -2.30. The van der Waals surface area contributed by atoms with Crippen LogP contribution in [0.2, 0.25) is 0 Å². The summed E-state index contributed by atoms with van der Waals surface area (Å²) in [6.07, 6.45) is 5.98. The molecule has 1 aromatic carbocycles. The lowest BCUT2D eigenvalue weighted by Gasteiger charge is -2.29. The first-order chi connectivity index (χ1) is 14.0.